The summed E-state index contributed by atoms with van der Waals surface area (Å²) >= 11 is 1.60. The first-order chi connectivity index (χ1) is 15.9. The van der Waals surface area contributed by atoms with Crippen molar-refractivity contribution in [2.24, 2.45) is 15.9 Å². The number of allylic oxidation sites excluding steroid dienone is 4. The number of aryl methyl sites for hydroxylation is 3. The zero-order valence-corrected chi connectivity index (χ0v) is 20.6. The number of carbonyl (C=O) groups excluding carboxylic acids is 1. The fourth-order valence-corrected chi connectivity index (χ4v) is 5.19. The lowest BCUT2D eigenvalue weighted by atomic mass is 10.0. The number of amidine groups is 1. The highest BCUT2D eigenvalue weighted by molar-refractivity contribution is 7.15. The normalized spacial score (nSPS) is 17.2. The molecule has 6 heteroatoms. The molecule has 5 rings (SSSR count). The molecule has 1 saturated carbocycles. The van der Waals surface area contributed by atoms with Crippen LogP contribution in [0.4, 0.5) is 0 Å². The van der Waals surface area contributed by atoms with Crippen LogP contribution in [0.2, 0.25) is 0 Å². The lowest BCUT2D eigenvalue weighted by Crippen LogP contribution is -2.35. The molecule has 33 heavy (non-hydrogen) atoms. The number of thiazole rings is 1. The second kappa shape index (κ2) is 8.82. The van der Waals surface area contributed by atoms with Gasteiger partial charge >= 0.3 is 0 Å². The molecule has 0 unspecified atom stereocenters. The molecule has 2 heterocycles. The van der Waals surface area contributed by atoms with E-state index in [9.17, 15) is 4.79 Å². The molecule has 0 radical (unpaired) electrons. The molecule has 0 spiro atoms. The van der Waals surface area contributed by atoms with E-state index in [0.29, 0.717) is 24.6 Å². The van der Waals surface area contributed by atoms with Gasteiger partial charge in [-0.15, -0.1) is 11.3 Å². The lowest BCUT2D eigenvalue weighted by Gasteiger charge is -2.22. The van der Waals surface area contributed by atoms with Crippen LogP contribution in [0.3, 0.4) is 0 Å². The summed E-state index contributed by atoms with van der Waals surface area (Å²) in [4.78, 5) is 30.8. The highest BCUT2D eigenvalue weighted by Crippen LogP contribution is 2.34. The van der Waals surface area contributed by atoms with Crippen LogP contribution in [0, 0.1) is 26.7 Å². The van der Waals surface area contributed by atoms with Crippen LogP contribution in [0.25, 0.3) is 10.4 Å². The fourth-order valence-electron chi connectivity index (χ4n) is 4.28. The minimum absolute atomic E-state index is 0.0277. The predicted molar refractivity (Wildman–Crippen MR) is 136 cm³/mol. The van der Waals surface area contributed by atoms with Gasteiger partial charge in [0, 0.05) is 25.9 Å². The molecule has 0 N–H and O–H groups in total. The van der Waals surface area contributed by atoms with Gasteiger partial charge in [-0.1, -0.05) is 29.8 Å². The number of carbonyl (C=O) groups is 1. The molecule has 3 aliphatic rings. The molecule has 0 saturated heterocycles. The standard InChI is InChI=1S/C27H30N4OS/c1-16-5-10-22-23(13-16)30-24(29-22)11-12-31(15-20-7-8-20)27(32)25-26(33-19(4)28-25)21-9-6-17(2)18(3)14-21/h5-6,9-10,14,20H,7-8,11-13,15H2,1-4H3. The van der Waals surface area contributed by atoms with Crippen LogP contribution in [0.1, 0.15) is 59.2 Å². The van der Waals surface area contributed by atoms with Crippen molar-refractivity contribution in [2.75, 3.05) is 13.1 Å². The Labute approximate surface area is 199 Å². The average Bonchev–Trinajstić information content (AvgIpc) is 3.38. The Hall–Kier alpha value is -2.86. The van der Waals surface area contributed by atoms with Crippen LogP contribution in [0.15, 0.2) is 51.6 Å². The first kappa shape index (κ1) is 22.0. The molecule has 2 aliphatic carbocycles. The monoisotopic (exact) mass is 458 g/mol. The highest BCUT2D eigenvalue weighted by Gasteiger charge is 2.30. The number of aromatic nitrogens is 1. The second-order valence-electron chi connectivity index (χ2n) is 9.48. The van der Waals surface area contributed by atoms with E-state index in [1.807, 2.05) is 17.9 Å². The summed E-state index contributed by atoms with van der Waals surface area (Å²) < 4.78 is 0. The van der Waals surface area contributed by atoms with Gasteiger partial charge in [0.2, 0.25) is 0 Å². The number of amides is 1. The Morgan fingerprint density at radius 1 is 1.09 bits per heavy atom. The summed E-state index contributed by atoms with van der Waals surface area (Å²) in [7, 11) is 0. The Morgan fingerprint density at radius 3 is 2.67 bits per heavy atom. The van der Waals surface area contributed by atoms with E-state index in [4.69, 9.17) is 9.98 Å². The van der Waals surface area contributed by atoms with Crippen molar-refractivity contribution in [3.05, 3.63) is 63.4 Å². The van der Waals surface area contributed by atoms with Gasteiger partial charge in [-0.25, -0.2) is 15.0 Å². The van der Waals surface area contributed by atoms with Gasteiger partial charge in [-0.3, -0.25) is 4.79 Å². The van der Waals surface area contributed by atoms with E-state index in [1.165, 1.54) is 29.5 Å². The topological polar surface area (TPSA) is 57.9 Å². The minimum atomic E-state index is 0.0277. The molecule has 0 bridgehead atoms. The number of rotatable bonds is 7. The lowest BCUT2D eigenvalue weighted by molar-refractivity contribution is 0.0748. The Bertz CT molecular complexity index is 1240. The molecule has 1 fully saturated rings. The fraction of sp³-hybridized carbons (Fsp3) is 0.407. The molecule has 1 aliphatic heterocycles. The molecule has 1 aromatic carbocycles. The van der Waals surface area contributed by atoms with Gasteiger partial charge in [0.15, 0.2) is 0 Å². The maximum absolute atomic E-state index is 13.7. The SMILES string of the molecule is CC1=CC=C2N=C(CCN(CC3CC3)C(=O)c3nc(C)sc3-c3ccc(C)c(C)c3)N=C2C1. The van der Waals surface area contributed by atoms with E-state index >= 15 is 0 Å². The summed E-state index contributed by atoms with van der Waals surface area (Å²) in [5, 5.41) is 0.920. The van der Waals surface area contributed by atoms with Crippen molar-refractivity contribution in [1.29, 1.82) is 0 Å². The van der Waals surface area contributed by atoms with E-state index < -0.39 is 0 Å². The Morgan fingerprint density at radius 2 is 1.91 bits per heavy atom. The minimum Gasteiger partial charge on any atom is -0.337 e. The number of hydrogen-bond acceptors (Lipinski definition) is 5. The second-order valence-corrected chi connectivity index (χ2v) is 10.7. The third-order valence-corrected chi connectivity index (χ3v) is 7.57. The summed E-state index contributed by atoms with van der Waals surface area (Å²) in [6.07, 6.45) is 8.09. The van der Waals surface area contributed by atoms with Crippen LogP contribution in [0.5, 0.6) is 0 Å². The molecule has 1 aromatic heterocycles. The number of aliphatic imine (C=N–C) groups is 2. The number of nitrogens with zero attached hydrogens (tertiary/aromatic N) is 4. The first-order valence-corrected chi connectivity index (χ1v) is 12.6. The van der Waals surface area contributed by atoms with Crippen LogP contribution in [-0.2, 0) is 0 Å². The summed E-state index contributed by atoms with van der Waals surface area (Å²) in [6, 6.07) is 6.39. The van der Waals surface area contributed by atoms with Gasteiger partial charge in [0.05, 0.1) is 21.3 Å². The number of fused-ring (bicyclic) bond motifs is 1. The van der Waals surface area contributed by atoms with Crippen LogP contribution in [-0.4, -0.2) is 40.4 Å². The van der Waals surface area contributed by atoms with Gasteiger partial charge in [-0.05, 0) is 69.2 Å². The molecule has 0 atom stereocenters. The van der Waals surface area contributed by atoms with Crippen molar-refractivity contribution in [3.63, 3.8) is 0 Å². The van der Waals surface area contributed by atoms with E-state index in [-0.39, 0.29) is 5.91 Å². The van der Waals surface area contributed by atoms with Crippen molar-refractivity contribution in [1.82, 2.24) is 9.88 Å². The molecule has 170 valence electrons. The zero-order chi connectivity index (χ0) is 23.1. The van der Waals surface area contributed by atoms with Gasteiger partial charge < -0.3 is 4.90 Å². The highest BCUT2D eigenvalue weighted by atomic mass is 32.1. The maximum atomic E-state index is 13.7. The molecular formula is C27H30N4OS. The van der Waals surface area contributed by atoms with Crippen LogP contribution >= 0.6 is 11.3 Å². The molecule has 1 amide bonds. The van der Waals surface area contributed by atoms with Crippen molar-refractivity contribution in [2.45, 2.75) is 53.4 Å². The zero-order valence-electron chi connectivity index (χ0n) is 19.8. The third-order valence-electron chi connectivity index (χ3n) is 6.56. The number of benzene rings is 1. The van der Waals surface area contributed by atoms with Crippen molar-refractivity contribution >= 4 is 28.8 Å². The largest absolute Gasteiger partial charge is 0.337 e. The van der Waals surface area contributed by atoms with E-state index in [0.717, 1.165) is 45.7 Å². The van der Waals surface area contributed by atoms with Gasteiger partial charge in [0.25, 0.3) is 5.91 Å². The molecular weight excluding hydrogens is 428 g/mol. The number of hydrogen-bond donors (Lipinski definition) is 0. The molecule has 2 aromatic rings. The van der Waals surface area contributed by atoms with Crippen LogP contribution < -0.4 is 0 Å². The van der Waals surface area contributed by atoms with Gasteiger partial charge in [0.1, 0.15) is 11.5 Å². The average molecular weight is 459 g/mol. The Balaban J connectivity index is 1.37. The predicted octanol–water partition coefficient (Wildman–Crippen LogP) is 6.06. The van der Waals surface area contributed by atoms with Crippen molar-refractivity contribution in [3.8, 4) is 10.4 Å². The van der Waals surface area contributed by atoms with Crippen molar-refractivity contribution < 1.29 is 4.79 Å². The smallest absolute Gasteiger partial charge is 0.274 e. The van der Waals surface area contributed by atoms with E-state index in [1.54, 1.807) is 11.3 Å². The summed E-state index contributed by atoms with van der Waals surface area (Å²) in [5.74, 6) is 1.46. The quantitative estimate of drug-likeness (QED) is 0.506. The third kappa shape index (κ3) is 4.76. The summed E-state index contributed by atoms with van der Waals surface area (Å²) in [5.41, 5.74) is 7.47. The summed E-state index contributed by atoms with van der Waals surface area (Å²) in [6.45, 7) is 9.72. The maximum Gasteiger partial charge on any atom is 0.274 e. The molecule has 5 nitrogen and oxygen atoms in total. The van der Waals surface area contributed by atoms with E-state index in [2.05, 4.69) is 50.0 Å². The first-order valence-electron chi connectivity index (χ1n) is 11.7. The Kier molecular flexibility index (Phi) is 5.87. The van der Waals surface area contributed by atoms with Gasteiger partial charge in [-0.2, -0.15) is 0 Å².